The number of fused-ring (bicyclic) bond motifs is 3. The van der Waals surface area contributed by atoms with E-state index in [0.29, 0.717) is 11.6 Å². The van der Waals surface area contributed by atoms with E-state index >= 15 is 0 Å². The van der Waals surface area contributed by atoms with E-state index in [9.17, 15) is 0 Å². The molecule has 2 aliphatic carbocycles. The normalized spacial score (nSPS) is 26.2. The van der Waals surface area contributed by atoms with Crippen LogP contribution in [0.1, 0.15) is 50.1 Å². The molecule has 22 heavy (non-hydrogen) atoms. The summed E-state index contributed by atoms with van der Waals surface area (Å²) < 4.78 is 17.4. The van der Waals surface area contributed by atoms with Crippen molar-refractivity contribution in [2.45, 2.75) is 50.5 Å². The molecule has 0 N–H and O–H groups in total. The van der Waals surface area contributed by atoms with Crippen molar-refractivity contribution in [1.29, 1.82) is 0 Å². The molecular formula is C17H20N2O3. The molecule has 1 aliphatic heterocycles. The van der Waals surface area contributed by atoms with Crippen LogP contribution in [0.3, 0.4) is 0 Å². The molecule has 0 bridgehead atoms. The summed E-state index contributed by atoms with van der Waals surface area (Å²) in [5.41, 5.74) is 0.975. The van der Waals surface area contributed by atoms with Gasteiger partial charge in [0.1, 0.15) is 23.9 Å². The van der Waals surface area contributed by atoms with Gasteiger partial charge in [0.2, 0.25) is 5.75 Å². The summed E-state index contributed by atoms with van der Waals surface area (Å²) in [5.74, 6) is 3.55. The van der Waals surface area contributed by atoms with Crippen molar-refractivity contribution < 1.29 is 14.2 Å². The van der Waals surface area contributed by atoms with Gasteiger partial charge in [-0.05, 0) is 44.3 Å². The molecule has 0 fully saturated rings. The molecule has 4 rings (SSSR count). The predicted molar refractivity (Wildman–Crippen MR) is 80.7 cm³/mol. The van der Waals surface area contributed by atoms with Crippen LogP contribution in [0.2, 0.25) is 0 Å². The van der Waals surface area contributed by atoms with Gasteiger partial charge in [0.05, 0.1) is 18.8 Å². The van der Waals surface area contributed by atoms with E-state index in [0.717, 1.165) is 49.3 Å². The molecule has 2 atom stereocenters. The summed E-state index contributed by atoms with van der Waals surface area (Å²) in [4.78, 5) is 8.73. The molecule has 2 heterocycles. The number of aromatic nitrogens is 2. The van der Waals surface area contributed by atoms with Gasteiger partial charge >= 0.3 is 0 Å². The van der Waals surface area contributed by atoms with Crippen molar-refractivity contribution in [3.63, 3.8) is 0 Å². The van der Waals surface area contributed by atoms with Crippen LogP contribution in [0.25, 0.3) is 0 Å². The van der Waals surface area contributed by atoms with E-state index in [-0.39, 0.29) is 12.0 Å². The lowest BCUT2D eigenvalue weighted by atomic mass is 9.92. The molecule has 5 nitrogen and oxygen atoms in total. The molecule has 116 valence electrons. The van der Waals surface area contributed by atoms with Crippen LogP contribution >= 0.6 is 0 Å². The lowest BCUT2D eigenvalue weighted by Gasteiger charge is -2.21. The Kier molecular flexibility index (Phi) is 3.48. The molecule has 0 radical (unpaired) electrons. The molecule has 0 amide bonds. The molecule has 2 unspecified atom stereocenters. The second-order valence-corrected chi connectivity index (χ2v) is 5.97. The smallest absolute Gasteiger partial charge is 0.261 e. The van der Waals surface area contributed by atoms with Crippen LogP contribution in [0.15, 0.2) is 30.0 Å². The maximum Gasteiger partial charge on any atom is 0.261 e. The predicted octanol–water partition coefficient (Wildman–Crippen LogP) is 3.48. The van der Waals surface area contributed by atoms with Gasteiger partial charge in [-0.3, -0.25) is 0 Å². The Labute approximate surface area is 130 Å². The highest BCUT2D eigenvalue weighted by Gasteiger charge is 2.36. The molecule has 3 aliphatic rings. The van der Waals surface area contributed by atoms with Crippen LogP contribution in [0.4, 0.5) is 0 Å². The van der Waals surface area contributed by atoms with Crippen molar-refractivity contribution in [1.82, 2.24) is 9.97 Å². The quantitative estimate of drug-likeness (QED) is 0.855. The van der Waals surface area contributed by atoms with E-state index < -0.39 is 0 Å². The molecule has 0 saturated carbocycles. The third-order valence-electron chi connectivity index (χ3n) is 4.54. The summed E-state index contributed by atoms with van der Waals surface area (Å²) in [6.45, 7) is 0. The average molecular weight is 300 g/mol. The Hall–Kier alpha value is -2.04. The van der Waals surface area contributed by atoms with Gasteiger partial charge in [0, 0.05) is 6.42 Å². The highest BCUT2D eigenvalue weighted by molar-refractivity contribution is 5.48. The van der Waals surface area contributed by atoms with E-state index in [2.05, 4.69) is 16.0 Å². The third kappa shape index (κ3) is 2.34. The minimum Gasteiger partial charge on any atom is -0.501 e. The first kappa shape index (κ1) is 13.6. The second kappa shape index (κ2) is 5.63. The summed E-state index contributed by atoms with van der Waals surface area (Å²) >= 11 is 0. The Bertz CT molecular complexity index is 639. The molecule has 1 aromatic heterocycles. The lowest BCUT2D eigenvalue weighted by molar-refractivity contribution is 0.184. The maximum absolute atomic E-state index is 6.08. The van der Waals surface area contributed by atoms with E-state index in [1.165, 1.54) is 6.42 Å². The Balaban J connectivity index is 1.61. The fraction of sp³-hybridized carbons (Fsp3) is 0.529. The fourth-order valence-corrected chi connectivity index (χ4v) is 3.41. The van der Waals surface area contributed by atoms with Crippen molar-refractivity contribution in [2.75, 3.05) is 7.11 Å². The van der Waals surface area contributed by atoms with Gasteiger partial charge < -0.3 is 14.2 Å². The van der Waals surface area contributed by atoms with Crippen LogP contribution in [0.5, 0.6) is 11.6 Å². The van der Waals surface area contributed by atoms with Gasteiger partial charge in [0.15, 0.2) is 0 Å². The van der Waals surface area contributed by atoms with E-state index in [4.69, 9.17) is 14.2 Å². The minimum absolute atomic E-state index is 0.0112. The molecular weight excluding hydrogens is 280 g/mol. The number of allylic oxidation sites excluding steroid dienone is 3. The van der Waals surface area contributed by atoms with Crippen LogP contribution in [-0.4, -0.2) is 23.2 Å². The number of hydrogen-bond donors (Lipinski definition) is 0. The Morgan fingerprint density at radius 2 is 2.18 bits per heavy atom. The van der Waals surface area contributed by atoms with Crippen LogP contribution in [-0.2, 0) is 4.74 Å². The van der Waals surface area contributed by atoms with E-state index in [1.807, 2.05) is 6.08 Å². The molecule has 0 saturated heterocycles. The zero-order valence-electron chi connectivity index (χ0n) is 12.7. The highest BCUT2D eigenvalue weighted by Crippen LogP contribution is 2.48. The van der Waals surface area contributed by atoms with Crippen molar-refractivity contribution in [2.24, 2.45) is 0 Å². The summed E-state index contributed by atoms with van der Waals surface area (Å²) in [6.07, 6.45) is 12.1. The summed E-state index contributed by atoms with van der Waals surface area (Å²) in [7, 11) is 1.71. The van der Waals surface area contributed by atoms with Gasteiger partial charge in [-0.2, -0.15) is 4.98 Å². The second-order valence-electron chi connectivity index (χ2n) is 5.97. The monoisotopic (exact) mass is 300 g/mol. The Morgan fingerprint density at radius 3 is 3.09 bits per heavy atom. The van der Waals surface area contributed by atoms with E-state index in [1.54, 1.807) is 13.4 Å². The van der Waals surface area contributed by atoms with Gasteiger partial charge in [-0.15, -0.1) is 0 Å². The molecule has 0 spiro atoms. The molecule has 5 heteroatoms. The van der Waals surface area contributed by atoms with Crippen LogP contribution < -0.4 is 9.47 Å². The van der Waals surface area contributed by atoms with Crippen molar-refractivity contribution in [3.05, 3.63) is 35.7 Å². The van der Waals surface area contributed by atoms with Gasteiger partial charge in [-0.25, -0.2) is 4.98 Å². The SMILES string of the molecule is COC1=CC(Oc2ncnc3c2OC2=CCCCC23)CCC1. The number of ether oxygens (including phenoxy) is 3. The average Bonchev–Trinajstić information content (AvgIpc) is 2.95. The minimum atomic E-state index is -0.0112. The first-order valence-electron chi connectivity index (χ1n) is 7.99. The summed E-state index contributed by atoms with van der Waals surface area (Å²) in [6, 6.07) is 0. The third-order valence-corrected chi connectivity index (χ3v) is 4.54. The van der Waals surface area contributed by atoms with Gasteiger partial charge in [-0.1, -0.05) is 0 Å². The molecule has 0 aromatic carbocycles. The standard InChI is InChI=1S/C17H20N2O3/c1-20-11-5-4-6-12(9-11)21-17-16-15(18-10-19-17)13-7-2-3-8-14(13)22-16/h8-10,12-13H,2-7H2,1H3. The zero-order chi connectivity index (χ0) is 14.9. The summed E-state index contributed by atoms with van der Waals surface area (Å²) in [5, 5.41) is 0. The number of rotatable bonds is 3. The highest BCUT2D eigenvalue weighted by atomic mass is 16.5. The van der Waals surface area contributed by atoms with Gasteiger partial charge in [0.25, 0.3) is 5.88 Å². The molecule has 1 aromatic rings. The fourth-order valence-electron chi connectivity index (χ4n) is 3.41. The largest absolute Gasteiger partial charge is 0.501 e. The maximum atomic E-state index is 6.08. The first-order chi connectivity index (χ1) is 10.8. The van der Waals surface area contributed by atoms with Crippen molar-refractivity contribution >= 4 is 0 Å². The number of nitrogens with zero attached hydrogens (tertiary/aromatic N) is 2. The van der Waals surface area contributed by atoms with Crippen LogP contribution in [0, 0.1) is 0 Å². The zero-order valence-corrected chi connectivity index (χ0v) is 12.7. The Morgan fingerprint density at radius 1 is 1.23 bits per heavy atom. The lowest BCUT2D eigenvalue weighted by Crippen LogP contribution is -2.19. The number of methoxy groups -OCH3 is 1. The first-order valence-corrected chi connectivity index (χ1v) is 7.99. The topological polar surface area (TPSA) is 53.5 Å². The van der Waals surface area contributed by atoms with Crippen molar-refractivity contribution in [3.8, 4) is 11.6 Å². The number of hydrogen-bond acceptors (Lipinski definition) is 5.